The van der Waals surface area contributed by atoms with Gasteiger partial charge in [-0.25, -0.2) is 0 Å². The Morgan fingerprint density at radius 2 is 1.62 bits per heavy atom. The average Bonchev–Trinajstić information content (AvgIpc) is 2.98. The van der Waals surface area contributed by atoms with Gasteiger partial charge in [-0.2, -0.15) is 0 Å². The molecule has 0 aromatic carbocycles. The summed E-state index contributed by atoms with van der Waals surface area (Å²) in [6.07, 6.45) is 12.6. The van der Waals surface area contributed by atoms with E-state index in [0.717, 1.165) is 24.2 Å². The number of fused-ring (bicyclic) bond motifs is 5. The van der Waals surface area contributed by atoms with Gasteiger partial charge in [-0.3, -0.25) is 4.79 Å². The molecule has 0 spiro atoms. The van der Waals surface area contributed by atoms with Crippen molar-refractivity contribution in [1.82, 2.24) is 0 Å². The van der Waals surface area contributed by atoms with E-state index >= 15 is 0 Å². The lowest BCUT2D eigenvalue weighted by atomic mass is 9.40. The van der Waals surface area contributed by atoms with Crippen molar-refractivity contribution in [2.45, 2.75) is 119 Å². The zero-order valence-corrected chi connectivity index (χ0v) is 22.3. The number of carbonyl (C=O) groups is 1. The molecule has 2 heteroatoms. The van der Waals surface area contributed by atoms with Gasteiger partial charge in [-0.05, 0) is 86.4 Å². The van der Waals surface area contributed by atoms with Crippen molar-refractivity contribution in [2.24, 2.45) is 51.2 Å². The van der Waals surface area contributed by atoms with Gasteiger partial charge in [0.25, 0.3) is 0 Å². The largest absolute Gasteiger partial charge is 0.392 e. The van der Waals surface area contributed by atoms with E-state index in [1.54, 1.807) is 0 Å². The predicted octanol–water partition coefficient (Wildman–Crippen LogP) is 7.59. The maximum Gasteiger partial charge on any atom is 0.145 e. The summed E-state index contributed by atoms with van der Waals surface area (Å²) in [7, 11) is 0. The molecule has 0 bridgehead atoms. The van der Waals surface area contributed by atoms with E-state index in [-0.39, 0.29) is 11.2 Å². The number of Topliss-reactive ketones (excluding diaryl/α,β-unsaturated/α-hetero) is 1. The van der Waals surface area contributed by atoms with Crippen molar-refractivity contribution < 1.29 is 9.90 Å². The second kappa shape index (κ2) is 7.96. The van der Waals surface area contributed by atoms with Gasteiger partial charge in [0.1, 0.15) is 5.78 Å². The maximum absolute atomic E-state index is 12.8. The van der Waals surface area contributed by atoms with Gasteiger partial charge in [-0.15, -0.1) is 0 Å². The van der Waals surface area contributed by atoms with Crippen LogP contribution in [0.5, 0.6) is 0 Å². The standard InChI is InChI=1S/C30H50O2/c1-19(2)10-9-11-20(3)21-14-16-29(7)22-12-13-24-27(4,5)25(31)18-26(32)30(24,8)23(22)15-17-28(21,29)6/h13,19-23,26,32H,9-12,14-18H2,1-8H3/t20-,21-,22+,23-,26+,28-,29+,30+/m0/s1. The third kappa shape index (κ3) is 3.24. The summed E-state index contributed by atoms with van der Waals surface area (Å²) in [4.78, 5) is 12.8. The summed E-state index contributed by atoms with van der Waals surface area (Å²) in [5.41, 5.74) is 1.32. The second-order valence-electron chi connectivity index (χ2n) is 13.9. The first kappa shape index (κ1) is 24.5. The quantitative estimate of drug-likeness (QED) is 0.445. The van der Waals surface area contributed by atoms with Crippen LogP contribution in [0.4, 0.5) is 0 Å². The molecule has 0 saturated heterocycles. The van der Waals surface area contributed by atoms with Gasteiger partial charge in [0.05, 0.1) is 6.10 Å². The Hall–Kier alpha value is -0.630. The van der Waals surface area contributed by atoms with Gasteiger partial charge in [0.2, 0.25) is 0 Å². The predicted molar refractivity (Wildman–Crippen MR) is 133 cm³/mol. The Bertz CT molecular complexity index is 778. The SMILES string of the molecule is CC(C)CCC[C@H](C)[C@@H]1CC[C@]2(C)[C@@H]3CC=C4C(C)(C)C(=O)C[C@@H](O)[C@]4(C)[C@H]3CC[C@@]12C. The van der Waals surface area contributed by atoms with Crippen LogP contribution < -0.4 is 0 Å². The molecule has 0 unspecified atom stereocenters. The van der Waals surface area contributed by atoms with E-state index in [1.165, 1.54) is 50.5 Å². The van der Waals surface area contributed by atoms with Crippen molar-refractivity contribution in [3.63, 3.8) is 0 Å². The first-order valence-electron chi connectivity index (χ1n) is 13.7. The van der Waals surface area contributed by atoms with Crippen molar-refractivity contribution >= 4 is 5.78 Å². The minimum atomic E-state index is -0.526. The Labute approximate surface area is 198 Å². The van der Waals surface area contributed by atoms with Crippen molar-refractivity contribution in [1.29, 1.82) is 0 Å². The molecule has 4 rings (SSSR count). The molecule has 4 aliphatic rings. The molecule has 4 aliphatic carbocycles. The van der Waals surface area contributed by atoms with E-state index in [9.17, 15) is 9.90 Å². The number of hydrogen-bond donors (Lipinski definition) is 1. The van der Waals surface area contributed by atoms with E-state index in [0.29, 0.717) is 29.1 Å². The summed E-state index contributed by atoms with van der Waals surface area (Å²) in [5, 5.41) is 11.3. The maximum atomic E-state index is 12.8. The summed E-state index contributed by atoms with van der Waals surface area (Å²) < 4.78 is 0. The lowest BCUT2D eigenvalue weighted by Gasteiger charge is -2.64. The first-order valence-corrected chi connectivity index (χ1v) is 13.7. The van der Waals surface area contributed by atoms with E-state index in [2.05, 4.69) is 61.5 Å². The van der Waals surface area contributed by atoms with Gasteiger partial charge in [-0.1, -0.05) is 72.5 Å². The minimum Gasteiger partial charge on any atom is -0.392 e. The van der Waals surface area contributed by atoms with Crippen LogP contribution in [-0.2, 0) is 4.79 Å². The highest BCUT2D eigenvalue weighted by molar-refractivity contribution is 5.89. The molecule has 8 atom stereocenters. The third-order valence-electron chi connectivity index (χ3n) is 11.9. The Kier molecular flexibility index (Phi) is 6.09. The minimum absolute atomic E-state index is 0.218. The van der Waals surface area contributed by atoms with Gasteiger partial charge < -0.3 is 5.11 Å². The van der Waals surface area contributed by atoms with Crippen LogP contribution in [-0.4, -0.2) is 17.0 Å². The van der Waals surface area contributed by atoms with Crippen LogP contribution in [0.15, 0.2) is 11.6 Å². The molecule has 3 saturated carbocycles. The Morgan fingerprint density at radius 1 is 0.969 bits per heavy atom. The highest BCUT2D eigenvalue weighted by atomic mass is 16.3. The summed E-state index contributed by atoms with van der Waals surface area (Å²) in [5.74, 6) is 3.78. The number of hydrogen-bond acceptors (Lipinski definition) is 2. The van der Waals surface area contributed by atoms with Crippen LogP contribution in [0, 0.1) is 51.2 Å². The number of aliphatic hydroxyl groups is 1. The smallest absolute Gasteiger partial charge is 0.145 e. The molecule has 0 amide bonds. The lowest BCUT2D eigenvalue weighted by molar-refractivity contribution is -0.155. The molecular formula is C30H50O2. The molecule has 2 nitrogen and oxygen atoms in total. The molecule has 182 valence electrons. The fourth-order valence-corrected chi connectivity index (χ4v) is 9.58. The summed E-state index contributed by atoms with van der Waals surface area (Å²) in [6.45, 7) is 19.0. The highest BCUT2D eigenvalue weighted by Gasteiger charge is 2.67. The number of ketones is 1. The molecule has 0 radical (unpaired) electrons. The van der Waals surface area contributed by atoms with Gasteiger partial charge >= 0.3 is 0 Å². The number of rotatable bonds is 5. The fourth-order valence-electron chi connectivity index (χ4n) is 9.58. The molecule has 3 fully saturated rings. The Morgan fingerprint density at radius 3 is 2.28 bits per heavy atom. The molecule has 0 aromatic rings. The van der Waals surface area contributed by atoms with Crippen LogP contribution in [0.25, 0.3) is 0 Å². The fraction of sp³-hybridized carbons (Fsp3) is 0.900. The molecule has 32 heavy (non-hydrogen) atoms. The van der Waals surface area contributed by atoms with Crippen molar-refractivity contribution in [2.75, 3.05) is 0 Å². The van der Waals surface area contributed by atoms with Crippen LogP contribution in [0.1, 0.15) is 113 Å². The Balaban J connectivity index is 1.63. The van der Waals surface area contributed by atoms with Gasteiger partial charge in [0, 0.05) is 17.3 Å². The number of aliphatic hydroxyl groups excluding tert-OH is 1. The summed E-state index contributed by atoms with van der Waals surface area (Å²) in [6, 6.07) is 0. The van der Waals surface area contributed by atoms with Crippen LogP contribution >= 0.6 is 0 Å². The second-order valence-corrected chi connectivity index (χ2v) is 13.9. The number of carbonyl (C=O) groups excluding carboxylic acids is 1. The molecular weight excluding hydrogens is 392 g/mol. The monoisotopic (exact) mass is 442 g/mol. The van der Waals surface area contributed by atoms with Crippen LogP contribution in [0.2, 0.25) is 0 Å². The molecule has 0 aromatic heterocycles. The molecule has 0 heterocycles. The van der Waals surface area contributed by atoms with Gasteiger partial charge in [0.15, 0.2) is 0 Å². The molecule has 1 N–H and O–H groups in total. The first-order chi connectivity index (χ1) is 14.8. The zero-order valence-electron chi connectivity index (χ0n) is 22.3. The van der Waals surface area contributed by atoms with E-state index < -0.39 is 11.5 Å². The number of allylic oxidation sites excluding steroid dienone is 1. The average molecular weight is 443 g/mol. The van der Waals surface area contributed by atoms with Crippen molar-refractivity contribution in [3.05, 3.63) is 11.6 Å². The topological polar surface area (TPSA) is 37.3 Å². The third-order valence-corrected chi connectivity index (χ3v) is 11.9. The van der Waals surface area contributed by atoms with Crippen molar-refractivity contribution in [3.8, 4) is 0 Å². The zero-order chi connectivity index (χ0) is 23.7. The van der Waals surface area contributed by atoms with E-state index in [1.807, 2.05) is 0 Å². The highest BCUT2D eigenvalue weighted by Crippen LogP contribution is 2.73. The van der Waals surface area contributed by atoms with E-state index in [4.69, 9.17) is 0 Å². The lowest BCUT2D eigenvalue weighted by Crippen LogP contribution is -2.61. The molecule has 0 aliphatic heterocycles. The normalized spacial score (nSPS) is 46.3. The van der Waals surface area contributed by atoms with Crippen LogP contribution in [0.3, 0.4) is 0 Å². The summed E-state index contributed by atoms with van der Waals surface area (Å²) >= 11 is 0.